The molecule has 4 nitrogen and oxygen atoms in total. The Morgan fingerprint density at radius 3 is 2.50 bits per heavy atom. The van der Waals surface area contributed by atoms with Gasteiger partial charge in [-0.15, -0.1) is 0 Å². The highest BCUT2D eigenvalue weighted by Crippen LogP contribution is 2.18. The van der Waals surface area contributed by atoms with Gasteiger partial charge in [-0.2, -0.15) is 8.42 Å². The summed E-state index contributed by atoms with van der Waals surface area (Å²) in [6.45, 7) is 5.81. The maximum absolute atomic E-state index is 10.8. The zero-order valence-electron chi connectivity index (χ0n) is 9.06. The van der Waals surface area contributed by atoms with Crippen LogP contribution in [0.3, 0.4) is 0 Å². The Hall–Kier alpha value is -0.130. The van der Waals surface area contributed by atoms with Crippen LogP contribution in [0.4, 0.5) is 0 Å². The molecule has 84 valence electrons. The summed E-state index contributed by atoms with van der Waals surface area (Å²) in [7, 11) is -3.27. The highest BCUT2D eigenvalue weighted by molar-refractivity contribution is 7.86. The van der Waals surface area contributed by atoms with E-state index in [1.165, 1.54) is 0 Å². The van der Waals surface area contributed by atoms with Gasteiger partial charge in [-0.25, -0.2) is 0 Å². The lowest BCUT2D eigenvalue weighted by atomic mass is 10.1. The zero-order valence-corrected chi connectivity index (χ0v) is 9.88. The van der Waals surface area contributed by atoms with Gasteiger partial charge in [0.1, 0.15) is 6.10 Å². The van der Waals surface area contributed by atoms with Crippen LogP contribution < -0.4 is 0 Å². The highest BCUT2D eigenvalue weighted by Gasteiger charge is 2.32. The largest absolute Gasteiger partial charge is 0.295 e. The second-order valence-electron chi connectivity index (χ2n) is 4.01. The molecule has 0 bridgehead atoms. The summed E-state index contributed by atoms with van der Waals surface area (Å²) in [5.74, 6) is 0. The number of hydrogen-bond donors (Lipinski definition) is 0. The van der Waals surface area contributed by atoms with Crippen LogP contribution in [-0.4, -0.2) is 44.8 Å². The minimum Gasteiger partial charge on any atom is -0.295 e. The van der Waals surface area contributed by atoms with E-state index in [2.05, 4.69) is 18.7 Å². The molecule has 0 aromatic carbocycles. The molecule has 5 heteroatoms. The molecule has 1 aliphatic rings. The van der Waals surface area contributed by atoms with Crippen molar-refractivity contribution in [3.05, 3.63) is 0 Å². The van der Waals surface area contributed by atoms with Crippen molar-refractivity contribution in [2.45, 2.75) is 38.8 Å². The molecule has 1 heterocycles. The average molecular weight is 221 g/mol. The monoisotopic (exact) mass is 221 g/mol. The van der Waals surface area contributed by atoms with Gasteiger partial charge in [0.2, 0.25) is 0 Å². The van der Waals surface area contributed by atoms with Gasteiger partial charge in [-0.05, 0) is 13.3 Å². The molecule has 14 heavy (non-hydrogen) atoms. The number of hydrogen-bond acceptors (Lipinski definition) is 4. The van der Waals surface area contributed by atoms with Crippen molar-refractivity contribution in [2.75, 3.05) is 19.3 Å². The first kappa shape index (κ1) is 11.9. The van der Waals surface area contributed by atoms with E-state index in [-0.39, 0.29) is 6.10 Å². The Bertz CT molecular complexity index is 270. The summed E-state index contributed by atoms with van der Waals surface area (Å²) < 4.78 is 26.5. The molecule has 1 aliphatic heterocycles. The topological polar surface area (TPSA) is 46.6 Å². The van der Waals surface area contributed by atoms with E-state index < -0.39 is 10.1 Å². The zero-order chi connectivity index (χ0) is 10.8. The molecule has 0 saturated carbocycles. The summed E-state index contributed by atoms with van der Waals surface area (Å²) in [6.07, 6.45) is 3.30. The Morgan fingerprint density at radius 1 is 1.50 bits per heavy atom. The molecule has 0 spiro atoms. The summed E-state index contributed by atoms with van der Waals surface area (Å²) in [5.41, 5.74) is 0. The van der Waals surface area contributed by atoms with Crippen molar-refractivity contribution in [2.24, 2.45) is 0 Å². The van der Waals surface area contributed by atoms with Gasteiger partial charge in [0.15, 0.2) is 0 Å². The van der Waals surface area contributed by atoms with Crippen LogP contribution in [0.1, 0.15) is 26.7 Å². The van der Waals surface area contributed by atoms with Gasteiger partial charge < -0.3 is 0 Å². The predicted molar refractivity (Wildman–Crippen MR) is 55.7 cm³/mol. The van der Waals surface area contributed by atoms with Crippen LogP contribution >= 0.6 is 0 Å². The molecule has 0 aromatic heterocycles. The maximum atomic E-state index is 10.8. The Kier molecular flexibility index (Phi) is 3.92. The molecule has 1 unspecified atom stereocenters. The van der Waals surface area contributed by atoms with Crippen molar-refractivity contribution in [3.8, 4) is 0 Å². The van der Waals surface area contributed by atoms with Gasteiger partial charge in [0, 0.05) is 19.1 Å². The second kappa shape index (κ2) is 4.59. The van der Waals surface area contributed by atoms with Gasteiger partial charge in [0.05, 0.1) is 6.26 Å². The van der Waals surface area contributed by atoms with Crippen LogP contribution in [0, 0.1) is 0 Å². The molecule has 1 fully saturated rings. The van der Waals surface area contributed by atoms with E-state index in [1.54, 1.807) is 0 Å². The lowest BCUT2D eigenvalue weighted by Crippen LogP contribution is -2.56. The molecular weight excluding hydrogens is 202 g/mol. The van der Waals surface area contributed by atoms with Crippen LogP contribution in [0.15, 0.2) is 0 Å². The Balaban J connectivity index is 2.23. The fraction of sp³-hybridized carbons (Fsp3) is 1.00. The summed E-state index contributed by atoms with van der Waals surface area (Å²) in [5, 5.41) is 0. The van der Waals surface area contributed by atoms with Crippen LogP contribution in [0.5, 0.6) is 0 Å². The molecule has 1 atom stereocenters. The highest BCUT2D eigenvalue weighted by atomic mass is 32.2. The first-order valence-corrected chi connectivity index (χ1v) is 6.86. The molecule has 0 aromatic rings. The smallest absolute Gasteiger partial charge is 0.264 e. The number of rotatable bonds is 5. The second-order valence-corrected chi connectivity index (χ2v) is 5.61. The van der Waals surface area contributed by atoms with Gasteiger partial charge in [-0.1, -0.05) is 13.3 Å². The fourth-order valence-electron chi connectivity index (χ4n) is 1.74. The van der Waals surface area contributed by atoms with E-state index in [0.717, 1.165) is 32.2 Å². The lowest BCUT2D eigenvalue weighted by molar-refractivity contribution is -0.00249. The van der Waals surface area contributed by atoms with E-state index in [4.69, 9.17) is 4.18 Å². The minimum atomic E-state index is -3.27. The number of likely N-dealkylation sites (tertiary alicyclic amines) is 1. The molecular formula is C9H19NO3S. The van der Waals surface area contributed by atoms with Crippen molar-refractivity contribution in [3.63, 3.8) is 0 Å². The summed E-state index contributed by atoms with van der Waals surface area (Å²) in [4.78, 5) is 2.25. The first-order chi connectivity index (χ1) is 6.42. The molecule has 0 amide bonds. The van der Waals surface area contributed by atoms with Gasteiger partial charge >= 0.3 is 0 Å². The quantitative estimate of drug-likeness (QED) is 0.645. The van der Waals surface area contributed by atoms with Gasteiger partial charge in [-0.3, -0.25) is 9.08 Å². The Labute approximate surface area is 86.4 Å². The number of nitrogens with zero attached hydrogens (tertiary/aromatic N) is 1. The molecule has 0 radical (unpaired) electrons. The summed E-state index contributed by atoms with van der Waals surface area (Å²) in [6, 6.07) is 0.541. The molecule has 0 aliphatic carbocycles. The predicted octanol–water partition coefficient (Wildman–Crippen LogP) is 0.835. The third kappa shape index (κ3) is 3.55. The van der Waals surface area contributed by atoms with E-state index in [9.17, 15) is 8.42 Å². The first-order valence-electron chi connectivity index (χ1n) is 5.04. The van der Waals surface area contributed by atoms with E-state index >= 15 is 0 Å². The van der Waals surface area contributed by atoms with Crippen molar-refractivity contribution >= 4 is 10.1 Å². The van der Waals surface area contributed by atoms with Crippen LogP contribution in [0.2, 0.25) is 0 Å². The average Bonchev–Trinajstić information content (AvgIpc) is 1.94. The van der Waals surface area contributed by atoms with Crippen molar-refractivity contribution < 1.29 is 12.6 Å². The molecule has 1 saturated heterocycles. The minimum absolute atomic E-state index is 0.121. The summed E-state index contributed by atoms with van der Waals surface area (Å²) >= 11 is 0. The standard InChI is InChI=1S/C9H19NO3S/c1-4-5-8(2)10-6-9(7-10)13-14(3,11)12/h8-9H,4-7H2,1-3H3. The van der Waals surface area contributed by atoms with E-state index in [1.807, 2.05) is 0 Å². The van der Waals surface area contributed by atoms with Gasteiger partial charge in [0.25, 0.3) is 10.1 Å². The van der Waals surface area contributed by atoms with E-state index in [0.29, 0.717) is 6.04 Å². The Morgan fingerprint density at radius 2 is 2.07 bits per heavy atom. The van der Waals surface area contributed by atoms with Crippen molar-refractivity contribution in [1.29, 1.82) is 0 Å². The fourth-order valence-corrected chi connectivity index (χ4v) is 2.35. The van der Waals surface area contributed by atoms with Crippen LogP contribution in [0.25, 0.3) is 0 Å². The SMILES string of the molecule is CCCC(C)N1CC(OS(C)(=O)=O)C1. The third-order valence-corrected chi connectivity index (χ3v) is 3.14. The van der Waals surface area contributed by atoms with Crippen molar-refractivity contribution in [1.82, 2.24) is 4.90 Å². The molecule has 0 N–H and O–H groups in total. The third-order valence-electron chi connectivity index (χ3n) is 2.52. The maximum Gasteiger partial charge on any atom is 0.264 e. The van der Waals surface area contributed by atoms with Crippen LogP contribution in [-0.2, 0) is 14.3 Å². The molecule has 1 rings (SSSR count). The lowest BCUT2D eigenvalue weighted by Gasteiger charge is -2.42. The normalized spacial score (nSPS) is 21.9.